The smallest absolute Gasteiger partial charge is 0.294 e. The van der Waals surface area contributed by atoms with Crippen molar-refractivity contribution in [3.63, 3.8) is 0 Å². The zero-order valence-corrected chi connectivity index (χ0v) is 18.4. The minimum atomic E-state index is -0.486. The third kappa shape index (κ3) is 5.12. The van der Waals surface area contributed by atoms with Crippen LogP contribution in [0.5, 0.6) is 5.75 Å². The van der Waals surface area contributed by atoms with Crippen molar-refractivity contribution >= 4 is 46.3 Å². The lowest BCUT2D eigenvalue weighted by atomic mass is 10.2. The molecule has 0 spiro atoms. The maximum absolute atomic E-state index is 12.7. The van der Waals surface area contributed by atoms with Crippen LogP contribution in [0.4, 0.5) is 16.2 Å². The summed E-state index contributed by atoms with van der Waals surface area (Å²) in [6.45, 7) is 2.71. The van der Waals surface area contributed by atoms with E-state index < -0.39 is 17.1 Å². The molecule has 0 atom stereocenters. The van der Waals surface area contributed by atoms with Crippen LogP contribution in [0.25, 0.3) is 6.08 Å². The Morgan fingerprint density at radius 1 is 1.16 bits per heavy atom. The molecule has 2 heterocycles. The van der Waals surface area contributed by atoms with E-state index in [2.05, 4.69) is 10.2 Å². The van der Waals surface area contributed by atoms with E-state index >= 15 is 0 Å². The molecular formula is C23H23N3O5S. The van der Waals surface area contributed by atoms with Gasteiger partial charge in [0.05, 0.1) is 25.2 Å². The number of morpholine rings is 1. The lowest BCUT2D eigenvalue weighted by Crippen LogP contribution is -2.36. The Morgan fingerprint density at radius 3 is 2.62 bits per heavy atom. The maximum atomic E-state index is 12.7. The fourth-order valence-corrected chi connectivity index (χ4v) is 4.28. The van der Waals surface area contributed by atoms with E-state index in [0.29, 0.717) is 24.7 Å². The summed E-state index contributed by atoms with van der Waals surface area (Å²) in [7, 11) is 1.56. The van der Waals surface area contributed by atoms with Crippen molar-refractivity contribution in [1.82, 2.24) is 4.90 Å². The summed E-state index contributed by atoms with van der Waals surface area (Å²) in [5, 5.41) is 2.28. The first-order valence-electron chi connectivity index (χ1n) is 10.2. The van der Waals surface area contributed by atoms with Gasteiger partial charge in [0.25, 0.3) is 11.1 Å². The standard InChI is InChI=1S/C23H23N3O5S/c1-30-19-4-2-3-16(13-19)14-20-22(28)26(23(29)32-20)15-21(27)24-17-5-7-18(8-6-17)25-9-11-31-12-10-25/h2-8,13-14H,9-12,15H2,1H3,(H,24,27)/b20-14+. The molecule has 2 aromatic carbocycles. The highest BCUT2D eigenvalue weighted by Crippen LogP contribution is 2.32. The number of amides is 3. The predicted molar refractivity (Wildman–Crippen MR) is 124 cm³/mol. The Morgan fingerprint density at radius 2 is 1.91 bits per heavy atom. The number of nitrogens with one attached hydrogen (secondary N) is 1. The molecule has 2 aromatic rings. The monoisotopic (exact) mass is 453 g/mol. The summed E-state index contributed by atoms with van der Waals surface area (Å²) in [5.41, 5.74) is 2.39. The molecule has 3 amide bonds. The zero-order chi connectivity index (χ0) is 22.5. The third-order valence-electron chi connectivity index (χ3n) is 5.09. The first kappa shape index (κ1) is 21.9. The molecule has 2 aliphatic heterocycles. The van der Waals surface area contributed by atoms with E-state index in [1.807, 2.05) is 18.2 Å². The van der Waals surface area contributed by atoms with Gasteiger partial charge in [0.1, 0.15) is 12.3 Å². The van der Waals surface area contributed by atoms with E-state index in [0.717, 1.165) is 41.0 Å². The summed E-state index contributed by atoms with van der Waals surface area (Å²) >= 11 is 0.818. The van der Waals surface area contributed by atoms with Gasteiger partial charge in [-0.3, -0.25) is 19.3 Å². The van der Waals surface area contributed by atoms with Gasteiger partial charge in [-0.2, -0.15) is 0 Å². The normalized spacial score (nSPS) is 17.7. The number of hydrogen-bond acceptors (Lipinski definition) is 7. The molecule has 32 heavy (non-hydrogen) atoms. The number of imide groups is 1. The molecule has 9 heteroatoms. The van der Waals surface area contributed by atoms with Crippen molar-refractivity contribution < 1.29 is 23.9 Å². The number of carbonyl (C=O) groups is 3. The molecule has 8 nitrogen and oxygen atoms in total. The van der Waals surface area contributed by atoms with Crippen molar-refractivity contribution in [2.75, 3.05) is 50.2 Å². The quantitative estimate of drug-likeness (QED) is 0.672. The van der Waals surface area contributed by atoms with Crippen LogP contribution < -0.4 is 15.0 Å². The van der Waals surface area contributed by atoms with Crippen molar-refractivity contribution in [2.24, 2.45) is 0 Å². The Hall–Kier alpha value is -3.30. The average Bonchev–Trinajstić information content (AvgIpc) is 3.07. The Kier molecular flexibility index (Phi) is 6.77. The van der Waals surface area contributed by atoms with Crippen molar-refractivity contribution in [3.05, 3.63) is 59.0 Å². The highest BCUT2D eigenvalue weighted by atomic mass is 32.2. The summed E-state index contributed by atoms with van der Waals surface area (Å²) in [6.07, 6.45) is 1.62. The average molecular weight is 454 g/mol. The van der Waals surface area contributed by atoms with E-state index in [1.165, 1.54) is 0 Å². The van der Waals surface area contributed by atoms with Crippen LogP contribution in [0.3, 0.4) is 0 Å². The lowest BCUT2D eigenvalue weighted by Gasteiger charge is -2.28. The van der Waals surface area contributed by atoms with Crippen LogP contribution in [-0.4, -0.2) is 61.9 Å². The molecule has 0 aliphatic carbocycles. The van der Waals surface area contributed by atoms with E-state index in [-0.39, 0.29) is 11.4 Å². The van der Waals surface area contributed by atoms with Gasteiger partial charge in [-0.25, -0.2) is 0 Å². The first-order chi connectivity index (χ1) is 15.5. The van der Waals surface area contributed by atoms with Crippen LogP contribution in [0, 0.1) is 0 Å². The molecule has 4 rings (SSSR count). The summed E-state index contributed by atoms with van der Waals surface area (Å²) < 4.78 is 10.5. The van der Waals surface area contributed by atoms with E-state index in [9.17, 15) is 14.4 Å². The second-order valence-corrected chi connectivity index (χ2v) is 8.23. The number of nitrogens with zero attached hydrogens (tertiary/aromatic N) is 2. The van der Waals surface area contributed by atoms with Gasteiger partial charge in [0.15, 0.2) is 0 Å². The molecule has 1 N–H and O–H groups in total. The van der Waals surface area contributed by atoms with Gasteiger partial charge in [0.2, 0.25) is 5.91 Å². The summed E-state index contributed by atoms with van der Waals surface area (Å²) in [4.78, 5) is 40.9. The molecule has 0 radical (unpaired) electrons. The topological polar surface area (TPSA) is 88.2 Å². The van der Waals surface area contributed by atoms with E-state index in [1.54, 1.807) is 43.5 Å². The third-order valence-corrected chi connectivity index (χ3v) is 6.00. The molecule has 2 fully saturated rings. The molecule has 2 aliphatic rings. The van der Waals surface area contributed by atoms with Gasteiger partial charge < -0.3 is 19.7 Å². The van der Waals surface area contributed by atoms with Crippen LogP contribution >= 0.6 is 11.8 Å². The number of methoxy groups -OCH3 is 1. The minimum absolute atomic E-state index is 0.269. The van der Waals surface area contributed by atoms with Gasteiger partial charge >= 0.3 is 0 Å². The van der Waals surface area contributed by atoms with Crippen molar-refractivity contribution in [3.8, 4) is 5.75 Å². The molecule has 0 bridgehead atoms. The van der Waals surface area contributed by atoms with E-state index in [4.69, 9.17) is 9.47 Å². The zero-order valence-electron chi connectivity index (χ0n) is 17.6. The molecule has 0 saturated carbocycles. The molecule has 2 saturated heterocycles. The SMILES string of the molecule is COc1cccc(/C=C2/SC(=O)N(CC(=O)Nc3ccc(N4CCOCC4)cc3)C2=O)c1. The number of anilines is 2. The Bertz CT molecular complexity index is 1050. The second kappa shape index (κ2) is 9.88. The highest BCUT2D eigenvalue weighted by molar-refractivity contribution is 8.18. The predicted octanol–water partition coefficient (Wildman–Crippen LogP) is 3.21. The number of ether oxygens (including phenoxy) is 2. The Balaban J connectivity index is 1.37. The molecule has 0 unspecified atom stereocenters. The Labute approximate surface area is 190 Å². The fraction of sp³-hybridized carbons (Fsp3) is 0.261. The number of carbonyl (C=O) groups excluding carboxylic acids is 3. The molecule has 0 aromatic heterocycles. The van der Waals surface area contributed by atoms with Crippen molar-refractivity contribution in [2.45, 2.75) is 0 Å². The van der Waals surface area contributed by atoms with Crippen LogP contribution in [0.2, 0.25) is 0 Å². The van der Waals surface area contributed by atoms with Gasteiger partial charge in [-0.05, 0) is 59.8 Å². The number of rotatable bonds is 6. The molecular weight excluding hydrogens is 430 g/mol. The number of benzene rings is 2. The highest BCUT2D eigenvalue weighted by Gasteiger charge is 2.36. The van der Waals surface area contributed by atoms with Gasteiger partial charge in [-0.15, -0.1) is 0 Å². The van der Waals surface area contributed by atoms with Crippen LogP contribution in [0.1, 0.15) is 5.56 Å². The molecule has 166 valence electrons. The van der Waals surface area contributed by atoms with Gasteiger partial charge in [-0.1, -0.05) is 12.1 Å². The summed E-state index contributed by atoms with van der Waals surface area (Å²) in [5.74, 6) is -0.272. The minimum Gasteiger partial charge on any atom is -0.497 e. The second-order valence-electron chi connectivity index (χ2n) is 7.24. The largest absolute Gasteiger partial charge is 0.497 e. The van der Waals surface area contributed by atoms with Gasteiger partial charge in [0, 0.05) is 24.5 Å². The van der Waals surface area contributed by atoms with Crippen LogP contribution in [-0.2, 0) is 14.3 Å². The number of thioether (sulfide) groups is 1. The fourth-order valence-electron chi connectivity index (χ4n) is 3.44. The lowest BCUT2D eigenvalue weighted by molar-refractivity contribution is -0.127. The first-order valence-corrected chi connectivity index (χ1v) is 11.0. The van der Waals surface area contributed by atoms with Crippen LogP contribution in [0.15, 0.2) is 53.4 Å². The summed E-state index contributed by atoms with van der Waals surface area (Å²) in [6, 6.07) is 14.6. The maximum Gasteiger partial charge on any atom is 0.294 e. The van der Waals surface area contributed by atoms with Crippen molar-refractivity contribution in [1.29, 1.82) is 0 Å². The number of hydrogen-bond donors (Lipinski definition) is 1.